The number of anilines is 1. The van der Waals surface area contributed by atoms with Crippen molar-refractivity contribution in [1.29, 1.82) is 0 Å². The molecule has 1 amide bonds. The van der Waals surface area contributed by atoms with Gasteiger partial charge >= 0.3 is 6.18 Å². The number of aryl methyl sites for hydroxylation is 1. The summed E-state index contributed by atoms with van der Waals surface area (Å²) in [4.78, 5) is 16.8. The lowest BCUT2D eigenvalue weighted by molar-refractivity contribution is -0.149. The van der Waals surface area contributed by atoms with Gasteiger partial charge in [-0.2, -0.15) is 18.3 Å². The van der Waals surface area contributed by atoms with Crippen LogP contribution in [0.1, 0.15) is 34.0 Å². The molecule has 3 aromatic heterocycles. The molecule has 1 aliphatic rings. The van der Waals surface area contributed by atoms with E-state index in [-0.39, 0.29) is 5.56 Å². The molecule has 29 heavy (non-hydrogen) atoms. The first-order valence-corrected chi connectivity index (χ1v) is 9.00. The van der Waals surface area contributed by atoms with Crippen LogP contribution in [0.2, 0.25) is 0 Å². The highest BCUT2D eigenvalue weighted by Gasteiger charge is 2.37. The van der Waals surface area contributed by atoms with Gasteiger partial charge in [-0.3, -0.25) is 4.79 Å². The van der Waals surface area contributed by atoms with E-state index in [1.807, 2.05) is 30.4 Å². The number of nitrogens with one attached hydrogen (secondary N) is 2. The van der Waals surface area contributed by atoms with Crippen molar-refractivity contribution in [1.82, 2.24) is 19.9 Å². The van der Waals surface area contributed by atoms with Crippen LogP contribution in [-0.4, -0.2) is 39.3 Å². The standard InChI is InChI=1S/C20H18F3N5O/c1-11-7-15-14(3-5-24-18(15)25-9-11)13-4-6-28-17(8-13)16(10-26-28)19(29)27-12(2)20(21,22)23/h3-4,6-10,12H,5H2,1-2H3,(H,24,25)(H,27,29)/t12-/m1/s1. The van der Waals surface area contributed by atoms with Crippen molar-refractivity contribution in [3.8, 4) is 0 Å². The second-order valence-electron chi connectivity index (χ2n) is 6.95. The van der Waals surface area contributed by atoms with Crippen LogP contribution in [-0.2, 0) is 0 Å². The van der Waals surface area contributed by atoms with Gasteiger partial charge in [-0.1, -0.05) is 6.08 Å². The number of hydrogen-bond acceptors (Lipinski definition) is 4. The summed E-state index contributed by atoms with van der Waals surface area (Å²) in [6.45, 7) is 3.45. The van der Waals surface area contributed by atoms with E-state index in [9.17, 15) is 18.0 Å². The molecule has 4 rings (SSSR count). The zero-order valence-corrected chi connectivity index (χ0v) is 15.7. The average molecular weight is 401 g/mol. The number of pyridine rings is 2. The molecule has 0 spiro atoms. The van der Waals surface area contributed by atoms with E-state index in [1.165, 1.54) is 10.7 Å². The number of halogens is 3. The van der Waals surface area contributed by atoms with Crippen LogP contribution in [0.4, 0.5) is 19.0 Å². The fourth-order valence-electron chi connectivity index (χ4n) is 3.23. The summed E-state index contributed by atoms with van der Waals surface area (Å²) < 4.78 is 39.8. The second-order valence-corrected chi connectivity index (χ2v) is 6.95. The maximum absolute atomic E-state index is 12.8. The predicted octanol–water partition coefficient (Wildman–Crippen LogP) is 3.58. The highest BCUT2D eigenvalue weighted by molar-refractivity contribution is 6.01. The molecule has 1 atom stereocenters. The molecule has 2 N–H and O–H groups in total. The monoisotopic (exact) mass is 401 g/mol. The molecule has 0 radical (unpaired) electrons. The SMILES string of the molecule is Cc1cnc2c(c1)C(c1ccn3ncc(C(=O)N[C@H](C)C(F)(F)F)c3c1)=CCN2. The largest absolute Gasteiger partial charge is 0.408 e. The molecular weight excluding hydrogens is 383 g/mol. The van der Waals surface area contributed by atoms with Crippen LogP contribution in [0, 0.1) is 6.92 Å². The third-order valence-corrected chi connectivity index (χ3v) is 4.81. The number of carbonyl (C=O) groups is 1. The summed E-state index contributed by atoms with van der Waals surface area (Å²) in [7, 11) is 0. The first-order chi connectivity index (χ1) is 13.7. The van der Waals surface area contributed by atoms with Crippen molar-refractivity contribution < 1.29 is 18.0 Å². The van der Waals surface area contributed by atoms with Crippen LogP contribution >= 0.6 is 0 Å². The van der Waals surface area contributed by atoms with Gasteiger partial charge in [0, 0.05) is 24.5 Å². The minimum Gasteiger partial charge on any atom is -0.366 e. The normalized spacial score (nSPS) is 14.7. The Balaban J connectivity index is 1.73. The fourth-order valence-corrected chi connectivity index (χ4v) is 3.23. The van der Waals surface area contributed by atoms with E-state index in [0.717, 1.165) is 35.0 Å². The molecule has 0 aliphatic carbocycles. The molecule has 0 fully saturated rings. The lowest BCUT2D eigenvalue weighted by Gasteiger charge is -2.19. The van der Waals surface area contributed by atoms with Gasteiger partial charge in [0.15, 0.2) is 0 Å². The van der Waals surface area contributed by atoms with Crippen molar-refractivity contribution in [2.45, 2.75) is 26.1 Å². The molecule has 0 aromatic carbocycles. The first-order valence-electron chi connectivity index (χ1n) is 9.00. The van der Waals surface area contributed by atoms with E-state index in [4.69, 9.17) is 0 Å². The van der Waals surface area contributed by atoms with Crippen LogP contribution in [0.15, 0.2) is 42.9 Å². The second kappa shape index (κ2) is 6.91. The van der Waals surface area contributed by atoms with Gasteiger partial charge < -0.3 is 10.6 Å². The Morgan fingerprint density at radius 3 is 2.86 bits per heavy atom. The van der Waals surface area contributed by atoms with Gasteiger partial charge in [0.2, 0.25) is 0 Å². The number of aromatic nitrogens is 3. The summed E-state index contributed by atoms with van der Waals surface area (Å²) >= 11 is 0. The summed E-state index contributed by atoms with van der Waals surface area (Å²) in [6, 6.07) is 3.66. The van der Waals surface area contributed by atoms with Crippen molar-refractivity contribution >= 4 is 22.8 Å². The van der Waals surface area contributed by atoms with Crippen molar-refractivity contribution in [2.24, 2.45) is 0 Å². The molecule has 6 nitrogen and oxygen atoms in total. The van der Waals surface area contributed by atoms with Crippen LogP contribution in [0.5, 0.6) is 0 Å². The lowest BCUT2D eigenvalue weighted by atomic mass is 9.95. The van der Waals surface area contributed by atoms with E-state index in [0.29, 0.717) is 12.1 Å². The molecule has 150 valence electrons. The summed E-state index contributed by atoms with van der Waals surface area (Å²) in [5.74, 6) is -0.0578. The van der Waals surface area contributed by atoms with Gasteiger partial charge in [-0.05, 0) is 48.7 Å². The quantitative estimate of drug-likeness (QED) is 0.704. The Labute approximate surface area is 164 Å². The molecule has 0 bridgehead atoms. The number of nitrogens with zero attached hydrogens (tertiary/aromatic N) is 3. The van der Waals surface area contributed by atoms with Crippen molar-refractivity contribution in [2.75, 3.05) is 11.9 Å². The number of hydrogen-bond donors (Lipinski definition) is 2. The Bertz CT molecular complexity index is 1130. The van der Waals surface area contributed by atoms with Gasteiger partial charge in [0.25, 0.3) is 5.91 Å². The Kier molecular flexibility index (Phi) is 4.52. The predicted molar refractivity (Wildman–Crippen MR) is 103 cm³/mol. The highest BCUT2D eigenvalue weighted by Crippen LogP contribution is 2.32. The van der Waals surface area contributed by atoms with E-state index < -0.39 is 18.1 Å². The maximum atomic E-state index is 12.8. The van der Waals surface area contributed by atoms with Crippen molar-refractivity contribution in [3.63, 3.8) is 0 Å². The van der Waals surface area contributed by atoms with Crippen LogP contribution in [0.25, 0.3) is 11.1 Å². The Morgan fingerprint density at radius 1 is 1.31 bits per heavy atom. The third-order valence-electron chi connectivity index (χ3n) is 4.81. The zero-order valence-electron chi connectivity index (χ0n) is 15.7. The van der Waals surface area contributed by atoms with E-state index in [1.54, 1.807) is 18.5 Å². The number of alkyl halides is 3. The Hall–Kier alpha value is -3.36. The van der Waals surface area contributed by atoms with Crippen LogP contribution < -0.4 is 10.6 Å². The highest BCUT2D eigenvalue weighted by atomic mass is 19.4. The molecule has 0 saturated carbocycles. The fraction of sp³-hybridized carbons (Fsp3) is 0.250. The topological polar surface area (TPSA) is 71.3 Å². The molecule has 0 unspecified atom stereocenters. The third kappa shape index (κ3) is 3.55. The van der Waals surface area contributed by atoms with Gasteiger partial charge in [-0.15, -0.1) is 0 Å². The molecule has 3 aromatic rings. The first kappa shape index (κ1) is 19.0. The molecule has 1 aliphatic heterocycles. The molecular formula is C20H18F3N5O. The minimum atomic E-state index is -4.52. The van der Waals surface area contributed by atoms with Crippen molar-refractivity contribution in [3.05, 3.63) is 65.1 Å². The Morgan fingerprint density at radius 2 is 2.10 bits per heavy atom. The summed E-state index contributed by atoms with van der Waals surface area (Å²) in [5.41, 5.74) is 4.21. The maximum Gasteiger partial charge on any atom is 0.408 e. The van der Waals surface area contributed by atoms with E-state index in [2.05, 4.69) is 15.4 Å². The lowest BCUT2D eigenvalue weighted by Crippen LogP contribution is -2.43. The number of rotatable bonds is 3. The minimum absolute atomic E-state index is 0.0834. The smallest absolute Gasteiger partial charge is 0.366 e. The average Bonchev–Trinajstić information content (AvgIpc) is 3.10. The van der Waals surface area contributed by atoms with Gasteiger partial charge in [-0.25, -0.2) is 9.50 Å². The van der Waals surface area contributed by atoms with Gasteiger partial charge in [0.05, 0.1) is 17.3 Å². The molecule has 9 heteroatoms. The summed E-state index contributed by atoms with van der Waals surface area (Å²) in [6.07, 6.45) is 2.23. The molecule has 0 saturated heterocycles. The zero-order chi connectivity index (χ0) is 20.8. The van der Waals surface area contributed by atoms with E-state index >= 15 is 0 Å². The number of carbonyl (C=O) groups excluding carboxylic acids is 1. The number of amides is 1. The number of fused-ring (bicyclic) bond motifs is 2. The summed E-state index contributed by atoms with van der Waals surface area (Å²) in [5, 5.41) is 9.28. The van der Waals surface area contributed by atoms with Crippen LogP contribution in [0.3, 0.4) is 0 Å². The molecule has 4 heterocycles. The van der Waals surface area contributed by atoms with Gasteiger partial charge in [0.1, 0.15) is 11.9 Å².